The van der Waals surface area contributed by atoms with Crippen molar-refractivity contribution in [1.29, 1.82) is 0 Å². The highest BCUT2D eigenvalue weighted by atomic mass is 32.2. The predicted molar refractivity (Wildman–Crippen MR) is 72.4 cm³/mol. The summed E-state index contributed by atoms with van der Waals surface area (Å²) in [6.45, 7) is 9.39. The van der Waals surface area contributed by atoms with E-state index in [1.54, 1.807) is 13.8 Å². The van der Waals surface area contributed by atoms with Crippen molar-refractivity contribution in [2.75, 3.05) is 6.79 Å². The lowest BCUT2D eigenvalue weighted by molar-refractivity contribution is -0.145. The molecule has 2 unspecified atom stereocenters. The van der Waals surface area contributed by atoms with E-state index in [1.807, 2.05) is 6.92 Å². The molecule has 0 rings (SSSR count). The Morgan fingerprint density at radius 2 is 1.95 bits per heavy atom. The van der Waals surface area contributed by atoms with Gasteiger partial charge in [-0.15, -0.1) is 0 Å². The van der Waals surface area contributed by atoms with E-state index in [1.165, 1.54) is 6.92 Å². The van der Waals surface area contributed by atoms with Crippen molar-refractivity contribution in [1.82, 2.24) is 0 Å². The first-order valence-corrected chi connectivity index (χ1v) is 7.53. The molecule has 2 atom stereocenters. The van der Waals surface area contributed by atoms with Gasteiger partial charge in [0.15, 0.2) is 0 Å². The number of ether oxygens (including phenoxy) is 1. The third kappa shape index (κ3) is 4.29. The molecule has 0 amide bonds. The van der Waals surface area contributed by atoms with Crippen molar-refractivity contribution in [3.63, 3.8) is 0 Å². The van der Waals surface area contributed by atoms with E-state index < -0.39 is 27.8 Å². The molecule has 0 bridgehead atoms. The molecule has 19 heavy (non-hydrogen) atoms. The van der Waals surface area contributed by atoms with Crippen LogP contribution in [0.4, 0.5) is 0 Å². The quantitative estimate of drug-likeness (QED) is 0.315. The normalized spacial score (nSPS) is 16.5. The maximum Gasteiger partial charge on any atom is 0.335 e. The SMILES string of the molecule is C=C(C)C(=O)OCOS(=O)(=O)C(N)(CC)C(C)CC. The molecule has 0 saturated heterocycles. The van der Waals surface area contributed by atoms with Gasteiger partial charge in [0, 0.05) is 5.57 Å². The molecule has 0 heterocycles. The maximum atomic E-state index is 12.1. The van der Waals surface area contributed by atoms with Crippen LogP contribution in [0.2, 0.25) is 0 Å². The average Bonchev–Trinajstić information content (AvgIpc) is 2.35. The highest BCUT2D eigenvalue weighted by Gasteiger charge is 2.43. The van der Waals surface area contributed by atoms with Crippen molar-refractivity contribution in [3.05, 3.63) is 12.2 Å². The van der Waals surface area contributed by atoms with Gasteiger partial charge < -0.3 is 10.5 Å². The fraction of sp³-hybridized carbons (Fsp3) is 0.750. The zero-order valence-corrected chi connectivity index (χ0v) is 12.7. The van der Waals surface area contributed by atoms with Crippen LogP contribution in [0.1, 0.15) is 40.5 Å². The lowest BCUT2D eigenvalue weighted by Crippen LogP contribution is -2.53. The fourth-order valence-corrected chi connectivity index (χ4v) is 2.90. The molecule has 0 saturated carbocycles. The molecule has 0 aromatic rings. The zero-order valence-electron chi connectivity index (χ0n) is 11.9. The van der Waals surface area contributed by atoms with E-state index in [0.717, 1.165) is 0 Å². The van der Waals surface area contributed by atoms with E-state index in [4.69, 9.17) is 9.92 Å². The lowest BCUT2D eigenvalue weighted by Gasteiger charge is -2.32. The summed E-state index contributed by atoms with van der Waals surface area (Å²) in [5, 5.41) is 0. The summed E-state index contributed by atoms with van der Waals surface area (Å²) in [5.74, 6) is -0.989. The van der Waals surface area contributed by atoms with Crippen LogP contribution >= 0.6 is 0 Å². The Hall–Kier alpha value is -0.920. The summed E-state index contributed by atoms with van der Waals surface area (Å²) in [6, 6.07) is 0. The third-order valence-corrected chi connectivity index (χ3v) is 5.23. The number of esters is 1. The fourth-order valence-electron chi connectivity index (χ4n) is 1.49. The van der Waals surface area contributed by atoms with E-state index in [-0.39, 0.29) is 17.9 Å². The monoisotopic (exact) mass is 293 g/mol. The molecule has 0 radical (unpaired) electrons. The number of rotatable bonds is 8. The van der Waals surface area contributed by atoms with E-state index in [9.17, 15) is 13.2 Å². The van der Waals surface area contributed by atoms with Crippen molar-refractivity contribution in [2.24, 2.45) is 11.7 Å². The number of carbonyl (C=O) groups excluding carboxylic acids is 1. The van der Waals surface area contributed by atoms with Crippen LogP contribution in [-0.2, 0) is 23.8 Å². The van der Waals surface area contributed by atoms with E-state index in [0.29, 0.717) is 6.42 Å². The molecular weight excluding hydrogens is 270 g/mol. The van der Waals surface area contributed by atoms with Gasteiger partial charge in [0.1, 0.15) is 4.87 Å². The van der Waals surface area contributed by atoms with Crippen LogP contribution in [0.25, 0.3) is 0 Å². The summed E-state index contributed by atoms with van der Waals surface area (Å²) in [6.07, 6.45) is 0.803. The molecule has 7 heteroatoms. The third-order valence-electron chi connectivity index (χ3n) is 3.21. The second kappa shape index (κ2) is 7.02. The molecule has 112 valence electrons. The van der Waals surface area contributed by atoms with Crippen LogP contribution in [0.3, 0.4) is 0 Å². The minimum absolute atomic E-state index is 0.164. The molecule has 0 spiro atoms. The summed E-state index contributed by atoms with van der Waals surface area (Å²) >= 11 is 0. The first-order valence-electron chi connectivity index (χ1n) is 6.12. The summed E-state index contributed by atoms with van der Waals surface area (Å²) in [4.78, 5) is 9.62. The smallest absolute Gasteiger partial charge is 0.335 e. The van der Waals surface area contributed by atoms with Gasteiger partial charge in [0.2, 0.25) is 6.79 Å². The highest BCUT2D eigenvalue weighted by molar-refractivity contribution is 7.88. The Bertz CT molecular complexity index is 431. The van der Waals surface area contributed by atoms with Crippen LogP contribution in [0.15, 0.2) is 12.2 Å². The molecule has 2 N–H and O–H groups in total. The van der Waals surface area contributed by atoms with Gasteiger partial charge in [-0.25, -0.2) is 8.98 Å². The first kappa shape index (κ1) is 18.1. The molecular formula is C12H23NO5S. The van der Waals surface area contributed by atoms with Crippen LogP contribution in [0, 0.1) is 5.92 Å². The van der Waals surface area contributed by atoms with Gasteiger partial charge >= 0.3 is 5.97 Å². The number of carbonyl (C=O) groups is 1. The van der Waals surface area contributed by atoms with Gasteiger partial charge in [0.05, 0.1) is 0 Å². The molecule has 0 fully saturated rings. The number of nitrogens with two attached hydrogens (primary N) is 1. The van der Waals surface area contributed by atoms with Gasteiger partial charge in [-0.05, 0) is 19.3 Å². The topological polar surface area (TPSA) is 95.7 Å². The molecule has 0 aliphatic carbocycles. The second-order valence-corrected chi connectivity index (χ2v) is 6.42. The molecule has 0 aliphatic heterocycles. The van der Waals surface area contributed by atoms with E-state index >= 15 is 0 Å². The number of hydrogen-bond acceptors (Lipinski definition) is 6. The average molecular weight is 293 g/mol. The van der Waals surface area contributed by atoms with Crippen molar-refractivity contribution in [3.8, 4) is 0 Å². The second-order valence-electron chi connectivity index (χ2n) is 4.52. The van der Waals surface area contributed by atoms with Gasteiger partial charge in [0.25, 0.3) is 10.1 Å². The van der Waals surface area contributed by atoms with Crippen LogP contribution < -0.4 is 5.73 Å². The minimum Gasteiger partial charge on any atom is -0.434 e. The zero-order chi connectivity index (χ0) is 15.3. The van der Waals surface area contributed by atoms with Crippen molar-refractivity contribution < 1.29 is 22.1 Å². The Labute approximate surface area is 115 Å². The van der Waals surface area contributed by atoms with Crippen LogP contribution in [-0.4, -0.2) is 26.1 Å². The standard InChI is InChI=1S/C12H23NO5S/c1-6-10(5)12(13,7-2)19(15,16)18-8-17-11(14)9(3)4/h10H,3,6-8,13H2,1-2,4-5H3. The summed E-state index contributed by atoms with van der Waals surface area (Å²) in [7, 11) is -4.03. The Morgan fingerprint density at radius 3 is 2.32 bits per heavy atom. The van der Waals surface area contributed by atoms with Gasteiger partial charge in [-0.3, -0.25) is 0 Å². The van der Waals surface area contributed by atoms with Crippen LogP contribution in [0.5, 0.6) is 0 Å². The summed E-state index contributed by atoms with van der Waals surface area (Å²) < 4.78 is 33.4. The van der Waals surface area contributed by atoms with Gasteiger partial charge in [-0.2, -0.15) is 8.42 Å². The Morgan fingerprint density at radius 1 is 1.42 bits per heavy atom. The molecule has 0 aromatic heterocycles. The highest BCUT2D eigenvalue weighted by Crippen LogP contribution is 2.28. The Balaban J connectivity index is 4.78. The molecule has 0 aromatic carbocycles. The van der Waals surface area contributed by atoms with Crippen molar-refractivity contribution >= 4 is 16.1 Å². The minimum atomic E-state index is -4.03. The predicted octanol–water partition coefficient (Wildman–Crippen LogP) is 1.52. The van der Waals surface area contributed by atoms with E-state index in [2.05, 4.69) is 11.3 Å². The Kier molecular flexibility index (Phi) is 6.68. The molecule has 6 nitrogen and oxygen atoms in total. The first-order chi connectivity index (χ1) is 8.62. The molecule has 0 aliphatic rings. The van der Waals surface area contributed by atoms with Crippen molar-refractivity contribution in [2.45, 2.75) is 45.4 Å². The maximum absolute atomic E-state index is 12.1. The summed E-state index contributed by atoms with van der Waals surface area (Å²) in [5.41, 5.74) is 6.10. The largest absolute Gasteiger partial charge is 0.434 e. The van der Waals surface area contributed by atoms with Gasteiger partial charge in [-0.1, -0.05) is 33.8 Å². The number of hydrogen-bond donors (Lipinski definition) is 1. The lowest BCUT2D eigenvalue weighted by atomic mass is 9.97.